The molecule has 2 aromatic carbocycles. The van der Waals surface area contributed by atoms with Gasteiger partial charge in [0.05, 0.1) is 6.07 Å². The van der Waals surface area contributed by atoms with Crippen LogP contribution >= 0.6 is 0 Å². The van der Waals surface area contributed by atoms with Crippen LogP contribution in [0.15, 0.2) is 65.9 Å². The lowest BCUT2D eigenvalue weighted by atomic mass is 9.71. The van der Waals surface area contributed by atoms with Gasteiger partial charge in [-0.1, -0.05) is 61.5 Å². The van der Waals surface area contributed by atoms with E-state index in [0.29, 0.717) is 24.2 Å². The molecule has 1 N–H and O–H groups in total. The Labute approximate surface area is 165 Å². The summed E-state index contributed by atoms with van der Waals surface area (Å²) in [6.45, 7) is 2.09. The van der Waals surface area contributed by atoms with Crippen LogP contribution in [0.25, 0.3) is 0 Å². The first-order valence-corrected chi connectivity index (χ1v) is 9.68. The predicted octanol–water partition coefficient (Wildman–Crippen LogP) is 4.88. The number of ketones is 1. The highest BCUT2D eigenvalue weighted by atomic mass is 16.5. The highest BCUT2D eigenvalue weighted by Crippen LogP contribution is 2.46. The van der Waals surface area contributed by atoms with Crippen molar-refractivity contribution in [2.45, 2.75) is 38.0 Å². The molecular weight excluding hydrogens is 348 g/mol. The summed E-state index contributed by atoms with van der Waals surface area (Å²) in [5, 5.41) is 18.0. The standard InChI is InChI=1S/C24H22N2O2/c1-2-15-8-10-17(11-9-15)22-19(14-25)24(26)28-21-13-18(12-20(27)23(21)22)16-6-4-3-5-7-16/h3-11,18-19,22,26H,2,12-13H2,1H3. The first-order valence-electron chi connectivity index (χ1n) is 9.68. The maximum Gasteiger partial charge on any atom is 0.205 e. The number of ether oxygens (including phenoxy) is 1. The number of Topliss-reactive ketones (excluding diaryl/α,β-unsaturated/α-hetero) is 1. The van der Waals surface area contributed by atoms with Crippen LogP contribution in [0.5, 0.6) is 0 Å². The Bertz CT molecular complexity index is 984. The molecule has 0 amide bonds. The van der Waals surface area contributed by atoms with Gasteiger partial charge >= 0.3 is 0 Å². The number of allylic oxidation sites excluding steroid dienone is 2. The molecule has 28 heavy (non-hydrogen) atoms. The molecule has 0 aromatic heterocycles. The highest BCUT2D eigenvalue weighted by Gasteiger charge is 2.44. The molecule has 0 radical (unpaired) electrons. The van der Waals surface area contributed by atoms with Crippen molar-refractivity contribution in [2.75, 3.05) is 0 Å². The molecule has 0 saturated carbocycles. The third-order valence-electron chi connectivity index (χ3n) is 5.78. The number of hydrogen-bond acceptors (Lipinski definition) is 4. The van der Waals surface area contributed by atoms with Gasteiger partial charge in [0.25, 0.3) is 0 Å². The molecule has 1 aliphatic carbocycles. The van der Waals surface area contributed by atoms with E-state index in [0.717, 1.165) is 17.5 Å². The molecule has 0 bridgehead atoms. The summed E-state index contributed by atoms with van der Waals surface area (Å²) < 4.78 is 5.73. The molecule has 0 spiro atoms. The molecular formula is C24H22N2O2. The van der Waals surface area contributed by atoms with E-state index < -0.39 is 11.8 Å². The first kappa shape index (κ1) is 18.2. The molecule has 0 saturated heterocycles. The first-order chi connectivity index (χ1) is 13.6. The predicted molar refractivity (Wildman–Crippen MR) is 107 cm³/mol. The summed E-state index contributed by atoms with van der Waals surface area (Å²) in [6, 6.07) is 20.2. The van der Waals surface area contributed by atoms with Gasteiger partial charge in [-0.25, -0.2) is 0 Å². The number of hydrogen-bond donors (Lipinski definition) is 1. The van der Waals surface area contributed by atoms with Crippen molar-refractivity contribution in [3.05, 3.63) is 82.6 Å². The number of nitriles is 1. The number of nitrogens with one attached hydrogen (secondary N) is 1. The lowest BCUT2D eigenvalue weighted by Gasteiger charge is -2.36. The van der Waals surface area contributed by atoms with Crippen LogP contribution in [0.3, 0.4) is 0 Å². The molecule has 1 aliphatic heterocycles. The zero-order chi connectivity index (χ0) is 19.7. The van der Waals surface area contributed by atoms with E-state index in [1.165, 1.54) is 5.56 Å². The second-order valence-electron chi connectivity index (χ2n) is 7.42. The number of aryl methyl sites for hydroxylation is 1. The molecule has 140 valence electrons. The number of carbonyl (C=O) groups is 1. The third-order valence-corrected chi connectivity index (χ3v) is 5.78. The Balaban J connectivity index is 1.77. The Morgan fingerprint density at radius 3 is 2.43 bits per heavy atom. The molecule has 2 aromatic rings. The van der Waals surface area contributed by atoms with E-state index in [9.17, 15) is 10.1 Å². The van der Waals surface area contributed by atoms with Gasteiger partial charge in [-0.2, -0.15) is 5.26 Å². The lowest BCUT2D eigenvalue weighted by molar-refractivity contribution is -0.117. The van der Waals surface area contributed by atoms with Crippen LogP contribution in [0, 0.1) is 22.7 Å². The maximum absolute atomic E-state index is 13.2. The van der Waals surface area contributed by atoms with Crippen molar-refractivity contribution < 1.29 is 9.53 Å². The van der Waals surface area contributed by atoms with E-state index >= 15 is 0 Å². The van der Waals surface area contributed by atoms with Crippen molar-refractivity contribution in [3.63, 3.8) is 0 Å². The minimum atomic E-state index is -0.775. The normalized spacial score (nSPS) is 24.4. The largest absolute Gasteiger partial charge is 0.446 e. The monoisotopic (exact) mass is 370 g/mol. The van der Waals surface area contributed by atoms with Crippen molar-refractivity contribution in [3.8, 4) is 6.07 Å². The topological polar surface area (TPSA) is 73.9 Å². The number of benzene rings is 2. The number of carbonyl (C=O) groups excluding carboxylic acids is 1. The van der Waals surface area contributed by atoms with E-state index in [2.05, 4.69) is 13.0 Å². The number of nitrogens with zero attached hydrogens (tertiary/aromatic N) is 1. The SMILES string of the molecule is CCc1ccc(C2C3=C(CC(c4ccccc4)CC3=O)OC(=N)C2C#N)cc1. The second kappa shape index (κ2) is 7.44. The summed E-state index contributed by atoms with van der Waals surface area (Å²) in [5.74, 6) is -0.646. The third kappa shape index (κ3) is 3.14. The van der Waals surface area contributed by atoms with Crippen LogP contribution in [0.4, 0.5) is 0 Å². The summed E-state index contributed by atoms with van der Waals surface area (Å²) in [5.41, 5.74) is 3.78. The van der Waals surface area contributed by atoms with E-state index in [4.69, 9.17) is 10.1 Å². The Kier molecular flexibility index (Phi) is 4.83. The number of rotatable bonds is 3. The van der Waals surface area contributed by atoms with Gasteiger partial charge in [0.2, 0.25) is 5.90 Å². The Morgan fingerprint density at radius 2 is 1.79 bits per heavy atom. The molecule has 2 aliphatic rings. The van der Waals surface area contributed by atoms with Crippen LogP contribution in [-0.2, 0) is 16.0 Å². The van der Waals surface area contributed by atoms with Crippen molar-refractivity contribution in [1.29, 1.82) is 10.7 Å². The summed E-state index contributed by atoms with van der Waals surface area (Å²) in [6.07, 6.45) is 1.91. The fourth-order valence-corrected chi connectivity index (χ4v) is 4.27. The zero-order valence-electron chi connectivity index (χ0n) is 15.8. The fourth-order valence-electron chi connectivity index (χ4n) is 4.27. The van der Waals surface area contributed by atoms with Crippen LogP contribution in [0.1, 0.15) is 48.3 Å². The van der Waals surface area contributed by atoms with Gasteiger partial charge in [-0.05, 0) is 29.0 Å². The molecule has 4 nitrogen and oxygen atoms in total. The van der Waals surface area contributed by atoms with Crippen molar-refractivity contribution >= 4 is 11.7 Å². The van der Waals surface area contributed by atoms with Crippen LogP contribution in [0.2, 0.25) is 0 Å². The summed E-state index contributed by atoms with van der Waals surface area (Å²) >= 11 is 0. The molecule has 4 heteroatoms. The fraction of sp³-hybridized carbons (Fsp3) is 0.292. The van der Waals surface area contributed by atoms with Crippen molar-refractivity contribution in [1.82, 2.24) is 0 Å². The van der Waals surface area contributed by atoms with Gasteiger partial charge < -0.3 is 4.74 Å². The average molecular weight is 370 g/mol. The molecule has 3 unspecified atom stereocenters. The van der Waals surface area contributed by atoms with Crippen LogP contribution in [-0.4, -0.2) is 11.7 Å². The minimum Gasteiger partial charge on any atom is -0.446 e. The maximum atomic E-state index is 13.2. The second-order valence-corrected chi connectivity index (χ2v) is 7.42. The smallest absolute Gasteiger partial charge is 0.205 e. The zero-order valence-corrected chi connectivity index (χ0v) is 15.8. The molecule has 4 rings (SSSR count). The average Bonchev–Trinajstić information content (AvgIpc) is 2.73. The van der Waals surface area contributed by atoms with E-state index in [1.54, 1.807) is 0 Å². The van der Waals surface area contributed by atoms with Gasteiger partial charge in [-0.3, -0.25) is 10.2 Å². The van der Waals surface area contributed by atoms with E-state index in [-0.39, 0.29) is 17.6 Å². The summed E-state index contributed by atoms with van der Waals surface area (Å²) in [4.78, 5) is 13.2. The van der Waals surface area contributed by atoms with Gasteiger partial charge in [0.1, 0.15) is 11.7 Å². The minimum absolute atomic E-state index is 0.0208. The quantitative estimate of drug-likeness (QED) is 0.837. The van der Waals surface area contributed by atoms with Crippen molar-refractivity contribution in [2.24, 2.45) is 5.92 Å². The molecule has 3 atom stereocenters. The Morgan fingerprint density at radius 1 is 1.07 bits per heavy atom. The summed E-state index contributed by atoms with van der Waals surface area (Å²) in [7, 11) is 0. The van der Waals surface area contributed by atoms with Gasteiger partial charge in [0.15, 0.2) is 5.78 Å². The van der Waals surface area contributed by atoms with Gasteiger partial charge in [0, 0.05) is 24.3 Å². The highest BCUT2D eigenvalue weighted by molar-refractivity contribution is 6.02. The molecule has 1 heterocycles. The van der Waals surface area contributed by atoms with Crippen LogP contribution < -0.4 is 0 Å². The lowest BCUT2D eigenvalue weighted by Crippen LogP contribution is -2.36. The Hall–Kier alpha value is -3.19. The van der Waals surface area contributed by atoms with Gasteiger partial charge in [-0.15, -0.1) is 0 Å². The molecule has 0 fully saturated rings. The van der Waals surface area contributed by atoms with E-state index in [1.807, 2.05) is 54.6 Å².